The van der Waals surface area contributed by atoms with Gasteiger partial charge < -0.3 is 20.1 Å². The molecule has 0 aromatic carbocycles. The molecule has 0 radical (unpaired) electrons. The van der Waals surface area contributed by atoms with Crippen LogP contribution in [-0.4, -0.2) is 55.9 Å². The zero-order valence-electron chi connectivity index (χ0n) is 7.74. The zero-order valence-corrected chi connectivity index (χ0v) is 7.74. The maximum absolute atomic E-state index is 10.9. The summed E-state index contributed by atoms with van der Waals surface area (Å²) in [5.41, 5.74) is 0. The number of ether oxygens (including phenoxy) is 1. The number of carboxylic acids is 1. The van der Waals surface area contributed by atoms with Crippen molar-refractivity contribution >= 4 is 12.0 Å². The van der Waals surface area contributed by atoms with E-state index in [2.05, 4.69) is 5.32 Å². The minimum Gasteiger partial charge on any atom is -0.480 e. The van der Waals surface area contributed by atoms with Crippen molar-refractivity contribution in [3.63, 3.8) is 0 Å². The average Bonchev–Trinajstić information content (AvgIpc) is 2.02. The van der Waals surface area contributed by atoms with E-state index in [1.165, 1.54) is 4.90 Å². The van der Waals surface area contributed by atoms with Gasteiger partial charge >= 0.3 is 12.0 Å². The third-order valence-corrected chi connectivity index (χ3v) is 1.15. The summed E-state index contributed by atoms with van der Waals surface area (Å²) in [5, 5.41) is 10.7. The summed E-state index contributed by atoms with van der Waals surface area (Å²) in [5.74, 6) is -1.01. The second-order valence-corrected chi connectivity index (χ2v) is 2.57. The smallest absolute Gasteiger partial charge is 0.329 e. The van der Waals surface area contributed by atoms with Crippen LogP contribution in [0.25, 0.3) is 0 Å². The van der Waals surface area contributed by atoms with Crippen molar-refractivity contribution < 1.29 is 19.4 Å². The van der Waals surface area contributed by atoms with Crippen LogP contribution in [0.15, 0.2) is 0 Å². The van der Waals surface area contributed by atoms with Gasteiger partial charge in [-0.15, -0.1) is 0 Å². The molecule has 0 aliphatic rings. The molecule has 13 heavy (non-hydrogen) atoms. The number of nitrogens with one attached hydrogen (secondary N) is 1. The highest BCUT2D eigenvalue weighted by molar-refractivity contribution is 5.73. The van der Waals surface area contributed by atoms with Crippen LogP contribution in [0.3, 0.4) is 0 Å². The maximum Gasteiger partial charge on any atom is 0.329 e. The van der Waals surface area contributed by atoms with Crippen molar-refractivity contribution in [1.82, 2.24) is 10.2 Å². The van der Waals surface area contributed by atoms with E-state index in [1.807, 2.05) is 0 Å². The highest BCUT2D eigenvalue weighted by atomic mass is 16.5. The SMILES string of the molecule is CN(C)C(=O)NCCOCC(=O)O. The van der Waals surface area contributed by atoms with Crippen molar-refractivity contribution in [2.45, 2.75) is 0 Å². The van der Waals surface area contributed by atoms with Gasteiger partial charge in [0.15, 0.2) is 0 Å². The monoisotopic (exact) mass is 190 g/mol. The fourth-order valence-electron chi connectivity index (χ4n) is 0.548. The van der Waals surface area contributed by atoms with Crippen LogP contribution in [0, 0.1) is 0 Å². The van der Waals surface area contributed by atoms with Crippen molar-refractivity contribution in [2.24, 2.45) is 0 Å². The number of hydrogen-bond acceptors (Lipinski definition) is 3. The van der Waals surface area contributed by atoms with Crippen molar-refractivity contribution in [2.75, 3.05) is 33.9 Å². The molecule has 6 nitrogen and oxygen atoms in total. The van der Waals surface area contributed by atoms with Crippen LogP contribution >= 0.6 is 0 Å². The van der Waals surface area contributed by atoms with Gasteiger partial charge in [-0.05, 0) is 0 Å². The molecule has 0 aliphatic carbocycles. The van der Waals surface area contributed by atoms with Crippen molar-refractivity contribution in [1.29, 1.82) is 0 Å². The standard InChI is InChI=1S/C7H14N2O4/c1-9(2)7(12)8-3-4-13-5-6(10)11/h3-5H2,1-2H3,(H,8,12)(H,10,11). The van der Waals surface area contributed by atoms with Crippen LogP contribution in [-0.2, 0) is 9.53 Å². The Balaban J connectivity index is 3.26. The molecule has 0 aromatic rings. The number of carbonyl (C=O) groups excluding carboxylic acids is 1. The molecule has 0 unspecified atom stereocenters. The number of amides is 2. The van der Waals surface area contributed by atoms with Gasteiger partial charge in [-0.25, -0.2) is 9.59 Å². The summed E-state index contributed by atoms with van der Waals surface area (Å²) >= 11 is 0. The molecule has 0 fully saturated rings. The zero-order chi connectivity index (χ0) is 10.3. The molecule has 0 bridgehead atoms. The number of rotatable bonds is 5. The van der Waals surface area contributed by atoms with Crippen molar-refractivity contribution in [3.8, 4) is 0 Å². The lowest BCUT2D eigenvalue weighted by atomic mass is 10.6. The third-order valence-electron chi connectivity index (χ3n) is 1.15. The largest absolute Gasteiger partial charge is 0.480 e. The van der Waals surface area contributed by atoms with Gasteiger partial charge in [0.05, 0.1) is 6.61 Å². The molecule has 2 N–H and O–H groups in total. The van der Waals surface area contributed by atoms with E-state index in [0.717, 1.165) is 0 Å². The lowest BCUT2D eigenvalue weighted by Crippen LogP contribution is -2.36. The van der Waals surface area contributed by atoms with Gasteiger partial charge in [-0.2, -0.15) is 0 Å². The Bertz CT molecular complexity index is 181. The van der Waals surface area contributed by atoms with Crippen LogP contribution < -0.4 is 5.32 Å². The van der Waals surface area contributed by atoms with E-state index >= 15 is 0 Å². The van der Waals surface area contributed by atoms with Crippen molar-refractivity contribution in [3.05, 3.63) is 0 Å². The first-order chi connectivity index (χ1) is 6.04. The highest BCUT2D eigenvalue weighted by Crippen LogP contribution is 1.77. The summed E-state index contributed by atoms with van der Waals surface area (Å²) < 4.78 is 4.69. The van der Waals surface area contributed by atoms with Gasteiger partial charge in [-0.1, -0.05) is 0 Å². The molecule has 0 heterocycles. The quantitative estimate of drug-likeness (QED) is 0.565. The lowest BCUT2D eigenvalue weighted by Gasteiger charge is -2.11. The van der Waals surface area contributed by atoms with E-state index in [9.17, 15) is 9.59 Å². The van der Waals surface area contributed by atoms with Gasteiger partial charge in [0, 0.05) is 20.6 Å². The Morgan fingerprint density at radius 1 is 1.46 bits per heavy atom. The fraction of sp³-hybridized carbons (Fsp3) is 0.714. The Labute approximate surface area is 76.5 Å². The summed E-state index contributed by atoms with van der Waals surface area (Å²) in [4.78, 5) is 22.3. The molecule has 0 aromatic heterocycles. The first-order valence-electron chi connectivity index (χ1n) is 3.78. The Morgan fingerprint density at radius 2 is 2.08 bits per heavy atom. The highest BCUT2D eigenvalue weighted by Gasteiger charge is 2.01. The number of hydrogen-bond donors (Lipinski definition) is 2. The molecule has 0 aliphatic heterocycles. The van der Waals surface area contributed by atoms with Gasteiger partial charge in [0.2, 0.25) is 0 Å². The summed E-state index contributed by atoms with van der Waals surface area (Å²) in [6.45, 7) is 0.175. The van der Waals surface area contributed by atoms with Crippen LogP contribution in [0.1, 0.15) is 0 Å². The molecular formula is C7H14N2O4. The number of aliphatic carboxylic acids is 1. The van der Waals surface area contributed by atoms with Gasteiger partial charge in [-0.3, -0.25) is 0 Å². The molecule has 0 saturated carbocycles. The van der Waals surface area contributed by atoms with E-state index in [1.54, 1.807) is 14.1 Å². The van der Waals surface area contributed by atoms with E-state index in [4.69, 9.17) is 9.84 Å². The second-order valence-electron chi connectivity index (χ2n) is 2.57. The van der Waals surface area contributed by atoms with E-state index in [-0.39, 0.29) is 19.2 Å². The minimum absolute atomic E-state index is 0.200. The van der Waals surface area contributed by atoms with Gasteiger partial charge in [0.25, 0.3) is 0 Å². The first-order valence-corrected chi connectivity index (χ1v) is 3.78. The second kappa shape index (κ2) is 6.24. The Morgan fingerprint density at radius 3 is 2.54 bits per heavy atom. The normalized spacial score (nSPS) is 9.38. The molecule has 0 rings (SSSR count). The maximum atomic E-state index is 10.9. The Kier molecular flexibility index (Phi) is 5.62. The van der Waals surface area contributed by atoms with E-state index in [0.29, 0.717) is 6.54 Å². The molecule has 2 amide bonds. The third kappa shape index (κ3) is 7.07. The molecule has 76 valence electrons. The molecular weight excluding hydrogens is 176 g/mol. The summed E-state index contributed by atoms with van der Waals surface area (Å²) in [7, 11) is 3.24. The number of carbonyl (C=O) groups is 2. The predicted molar refractivity (Wildman–Crippen MR) is 45.5 cm³/mol. The van der Waals surface area contributed by atoms with E-state index < -0.39 is 5.97 Å². The average molecular weight is 190 g/mol. The number of nitrogens with zero attached hydrogens (tertiary/aromatic N) is 1. The first kappa shape index (κ1) is 11.7. The van der Waals surface area contributed by atoms with Gasteiger partial charge in [0.1, 0.15) is 6.61 Å². The minimum atomic E-state index is -1.01. The van der Waals surface area contributed by atoms with Crippen LogP contribution in [0.5, 0.6) is 0 Å². The molecule has 0 atom stereocenters. The van der Waals surface area contributed by atoms with Crippen LogP contribution in [0.2, 0.25) is 0 Å². The number of carboxylic acid groups (broad SMARTS) is 1. The Hall–Kier alpha value is -1.30. The molecule has 0 spiro atoms. The lowest BCUT2D eigenvalue weighted by molar-refractivity contribution is -0.142. The van der Waals surface area contributed by atoms with Crippen LogP contribution in [0.4, 0.5) is 4.79 Å². The number of urea groups is 1. The fourth-order valence-corrected chi connectivity index (χ4v) is 0.548. The topological polar surface area (TPSA) is 78.9 Å². The molecule has 6 heteroatoms. The predicted octanol–water partition coefficient (Wildman–Crippen LogP) is -0.641. The molecule has 0 saturated heterocycles. The summed E-state index contributed by atoms with van der Waals surface area (Å²) in [6, 6.07) is -0.223. The summed E-state index contributed by atoms with van der Waals surface area (Å²) in [6.07, 6.45) is 0.